The van der Waals surface area contributed by atoms with Gasteiger partial charge in [0.25, 0.3) is 0 Å². The Morgan fingerprint density at radius 1 is 1.14 bits per heavy atom. The highest BCUT2D eigenvalue weighted by Gasteiger charge is 2.30. The van der Waals surface area contributed by atoms with Gasteiger partial charge in [0.1, 0.15) is 12.6 Å². The molecule has 2 aromatic carbocycles. The van der Waals surface area contributed by atoms with Crippen LogP contribution >= 0.6 is 0 Å². The van der Waals surface area contributed by atoms with Crippen molar-refractivity contribution in [2.75, 3.05) is 6.61 Å². The number of nitrogens with zero attached hydrogens (tertiary/aromatic N) is 2. The van der Waals surface area contributed by atoms with E-state index in [0.29, 0.717) is 5.82 Å². The van der Waals surface area contributed by atoms with Crippen molar-refractivity contribution in [1.29, 1.82) is 0 Å². The number of alkyl carbamates (subject to hydrolysis) is 1. The maximum Gasteiger partial charge on any atom is 0.407 e. The number of hydrogen-bond donors (Lipinski definition) is 2. The van der Waals surface area contributed by atoms with Crippen LogP contribution in [0.2, 0.25) is 0 Å². The summed E-state index contributed by atoms with van der Waals surface area (Å²) in [4.78, 5) is 27.5. The first-order valence-corrected chi connectivity index (χ1v) is 9.16. The number of ether oxygens (including phenoxy) is 1. The lowest BCUT2D eigenvalue weighted by atomic mass is 9.98. The second-order valence-corrected chi connectivity index (χ2v) is 6.80. The van der Waals surface area contributed by atoms with Crippen molar-refractivity contribution in [3.8, 4) is 11.1 Å². The van der Waals surface area contributed by atoms with Crippen LogP contribution in [-0.4, -0.2) is 33.9 Å². The summed E-state index contributed by atoms with van der Waals surface area (Å²) in [5.41, 5.74) is 4.44. The molecule has 1 heterocycles. The standard InChI is InChI=1S/C21H19N3O5/c1-12-22-20(29-24-12)18(10-19(25)26)23-21(27)28-11-17-15-8-4-2-6-13(15)14-7-3-5-9-16(14)17/h2-9,17-18H,10-11H2,1H3,(H,23,27)(H,25,26)/t18-/m1/s1. The van der Waals surface area contributed by atoms with Gasteiger partial charge < -0.3 is 19.7 Å². The molecule has 8 nitrogen and oxygen atoms in total. The van der Waals surface area contributed by atoms with Crippen LogP contribution in [0.5, 0.6) is 0 Å². The van der Waals surface area contributed by atoms with E-state index in [1.165, 1.54) is 0 Å². The summed E-state index contributed by atoms with van der Waals surface area (Å²) in [6.07, 6.45) is -1.14. The molecule has 3 aromatic rings. The van der Waals surface area contributed by atoms with Crippen LogP contribution in [0.1, 0.15) is 41.2 Å². The zero-order valence-corrected chi connectivity index (χ0v) is 15.7. The number of benzene rings is 2. The smallest absolute Gasteiger partial charge is 0.407 e. The van der Waals surface area contributed by atoms with Gasteiger partial charge in [-0.05, 0) is 29.2 Å². The number of carboxylic acid groups (broad SMARTS) is 1. The largest absolute Gasteiger partial charge is 0.481 e. The lowest BCUT2D eigenvalue weighted by Crippen LogP contribution is -2.32. The van der Waals surface area contributed by atoms with E-state index >= 15 is 0 Å². The molecular formula is C21H19N3O5. The minimum absolute atomic E-state index is 0.0263. The third kappa shape index (κ3) is 3.82. The molecule has 1 aliphatic carbocycles. The molecule has 1 amide bonds. The van der Waals surface area contributed by atoms with Crippen molar-refractivity contribution >= 4 is 12.1 Å². The van der Waals surface area contributed by atoms with Gasteiger partial charge in [-0.3, -0.25) is 4.79 Å². The first-order valence-electron chi connectivity index (χ1n) is 9.16. The molecular weight excluding hydrogens is 374 g/mol. The molecule has 0 fully saturated rings. The summed E-state index contributed by atoms with van der Waals surface area (Å²) in [5.74, 6) is -0.815. The fourth-order valence-corrected chi connectivity index (χ4v) is 3.61. The van der Waals surface area contributed by atoms with Gasteiger partial charge in [0.2, 0.25) is 5.89 Å². The number of aromatic nitrogens is 2. The maximum absolute atomic E-state index is 12.4. The Balaban J connectivity index is 1.47. The van der Waals surface area contributed by atoms with Gasteiger partial charge in [0.15, 0.2) is 5.82 Å². The Hall–Kier alpha value is -3.68. The van der Waals surface area contributed by atoms with E-state index in [1.807, 2.05) is 36.4 Å². The van der Waals surface area contributed by atoms with Crippen molar-refractivity contribution in [1.82, 2.24) is 15.5 Å². The first-order chi connectivity index (χ1) is 14.0. The second-order valence-electron chi connectivity index (χ2n) is 6.80. The fourth-order valence-electron chi connectivity index (χ4n) is 3.61. The van der Waals surface area contributed by atoms with Gasteiger partial charge in [0.05, 0.1) is 6.42 Å². The van der Waals surface area contributed by atoms with E-state index in [0.717, 1.165) is 22.3 Å². The number of rotatable bonds is 6. The summed E-state index contributed by atoms with van der Waals surface area (Å²) in [7, 11) is 0. The predicted octanol–water partition coefficient (Wildman–Crippen LogP) is 3.43. The molecule has 0 saturated carbocycles. The Labute approximate surface area is 166 Å². The Bertz CT molecular complexity index is 1020. The normalized spacial score (nSPS) is 13.4. The van der Waals surface area contributed by atoms with E-state index in [9.17, 15) is 9.59 Å². The minimum Gasteiger partial charge on any atom is -0.481 e. The molecule has 1 aliphatic rings. The van der Waals surface area contributed by atoms with Crippen LogP contribution in [0.15, 0.2) is 53.1 Å². The third-order valence-corrected chi connectivity index (χ3v) is 4.86. The van der Waals surface area contributed by atoms with Crippen LogP contribution in [0.4, 0.5) is 4.79 Å². The van der Waals surface area contributed by atoms with Crippen LogP contribution in [0, 0.1) is 6.92 Å². The van der Waals surface area contributed by atoms with E-state index in [-0.39, 0.29) is 18.4 Å². The monoisotopic (exact) mass is 393 g/mol. The van der Waals surface area contributed by atoms with Crippen molar-refractivity contribution in [3.63, 3.8) is 0 Å². The van der Waals surface area contributed by atoms with Crippen LogP contribution in [0.25, 0.3) is 11.1 Å². The van der Waals surface area contributed by atoms with E-state index in [1.54, 1.807) is 6.92 Å². The molecule has 8 heteroatoms. The first kappa shape index (κ1) is 18.7. The molecule has 0 aliphatic heterocycles. The van der Waals surface area contributed by atoms with Gasteiger partial charge in [-0.2, -0.15) is 4.98 Å². The molecule has 148 valence electrons. The number of fused-ring (bicyclic) bond motifs is 3. The van der Waals surface area contributed by atoms with E-state index < -0.39 is 24.5 Å². The van der Waals surface area contributed by atoms with Gasteiger partial charge in [-0.25, -0.2) is 4.79 Å². The number of carbonyl (C=O) groups is 2. The minimum atomic E-state index is -1.11. The summed E-state index contributed by atoms with van der Waals surface area (Å²) < 4.78 is 10.5. The van der Waals surface area contributed by atoms with Crippen LogP contribution in [-0.2, 0) is 9.53 Å². The topological polar surface area (TPSA) is 115 Å². The molecule has 29 heavy (non-hydrogen) atoms. The number of hydrogen-bond acceptors (Lipinski definition) is 6. The van der Waals surface area contributed by atoms with Crippen LogP contribution in [0.3, 0.4) is 0 Å². The van der Waals surface area contributed by atoms with Gasteiger partial charge in [0, 0.05) is 5.92 Å². The fraction of sp³-hybridized carbons (Fsp3) is 0.238. The number of aryl methyl sites for hydroxylation is 1. The van der Waals surface area contributed by atoms with Gasteiger partial charge in [-0.1, -0.05) is 53.7 Å². The zero-order valence-electron chi connectivity index (χ0n) is 15.7. The Morgan fingerprint density at radius 2 is 1.76 bits per heavy atom. The van der Waals surface area contributed by atoms with Crippen molar-refractivity contribution in [3.05, 3.63) is 71.4 Å². The van der Waals surface area contributed by atoms with Crippen molar-refractivity contribution in [2.45, 2.75) is 25.3 Å². The Kier molecular flexibility index (Phi) is 4.99. The average Bonchev–Trinajstić information content (AvgIpc) is 3.27. The summed E-state index contributed by atoms with van der Waals surface area (Å²) in [6.45, 7) is 1.74. The molecule has 0 bridgehead atoms. The predicted molar refractivity (Wildman–Crippen MR) is 102 cm³/mol. The number of carboxylic acids is 1. The van der Waals surface area contributed by atoms with E-state index in [2.05, 4.69) is 27.6 Å². The quantitative estimate of drug-likeness (QED) is 0.659. The number of carbonyl (C=O) groups excluding carboxylic acids is 1. The van der Waals surface area contributed by atoms with E-state index in [4.69, 9.17) is 14.4 Å². The molecule has 0 spiro atoms. The SMILES string of the molecule is Cc1noc([C@@H](CC(=O)O)NC(=O)OCC2c3ccccc3-c3ccccc32)n1. The molecule has 1 aromatic heterocycles. The molecule has 1 atom stereocenters. The third-order valence-electron chi connectivity index (χ3n) is 4.86. The average molecular weight is 393 g/mol. The summed E-state index contributed by atoms with van der Waals surface area (Å²) in [5, 5.41) is 15.3. The highest BCUT2D eigenvalue weighted by Crippen LogP contribution is 2.44. The molecule has 0 unspecified atom stereocenters. The molecule has 0 saturated heterocycles. The zero-order chi connectivity index (χ0) is 20.4. The molecule has 2 N–H and O–H groups in total. The number of amides is 1. The Morgan fingerprint density at radius 3 is 2.31 bits per heavy atom. The number of nitrogens with one attached hydrogen (secondary N) is 1. The van der Waals surface area contributed by atoms with Crippen molar-refractivity contribution in [2.24, 2.45) is 0 Å². The highest BCUT2D eigenvalue weighted by atomic mass is 16.5. The lowest BCUT2D eigenvalue weighted by Gasteiger charge is -2.17. The lowest BCUT2D eigenvalue weighted by molar-refractivity contribution is -0.137. The molecule has 4 rings (SSSR count). The summed E-state index contributed by atoms with van der Waals surface area (Å²) in [6, 6.07) is 15.1. The summed E-state index contributed by atoms with van der Waals surface area (Å²) >= 11 is 0. The highest BCUT2D eigenvalue weighted by molar-refractivity contribution is 5.79. The number of aliphatic carboxylic acids is 1. The molecule has 0 radical (unpaired) electrons. The maximum atomic E-state index is 12.4. The van der Waals surface area contributed by atoms with Gasteiger partial charge >= 0.3 is 12.1 Å². The van der Waals surface area contributed by atoms with Crippen molar-refractivity contribution < 1.29 is 24.0 Å². The second kappa shape index (κ2) is 7.75. The van der Waals surface area contributed by atoms with Gasteiger partial charge in [-0.15, -0.1) is 0 Å². The van der Waals surface area contributed by atoms with Crippen LogP contribution < -0.4 is 5.32 Å².